The summed E-state index contributed by atoms with van der Waals surface area (Å²) in [7, 11) is 0. The lowest BCUT2D eigenvalue weighted by atomic mass is 9.97. The zero-order chi connectivity index (χ0) is 19.0. The van der Waals surface area contributed by atoms with Crippen molar-refractivity contribution in [3.05, 3.63) is 111 Å². The van der Waals surface area contributed by atoms with E-state index < -0.39 is 11.0 Å². The normalized spacial score (nSPS) is 15.7. The summed E-state index contributed by atoms with van der Waals surface area (Å²) in [6.07, 6.45) is 0. The van der Waals surface area contributed by atoms with Crippen LogP contribution in [-0.2, 0) is 6.54 Å². The summed E-state index contributed by atoms with van der Waals surface area (Å²) in [5.74, 6) is -0.556. The van der Waals surface area contributed by atoms with E-state index in [4.69, 9.17) is 0 Å². The Bertz CT molecular complexity index is 1030. The third-order valence-electron chi connectivity index (χ3n) is 4.77. The molecule has 0 aliphatic carbocycles. The first-order chi connectivity index (χ1) is 13.1. The van der Waals surface area contributed by atoms with Crippen molar-refractivity contribution in [3.8, 4) is 0 Å². The van der Waals surface area contributed by atoms with Crippen LogP contribution in [0.1, 0.15) is 33.1 Å². The van der Waals surface area contributed by atoms with Gasteiger partial charge >= 0.3 is 0 Å². The highest BCUT2D eigenvalue weighted by Crippen LogP contribution is 2.40. The number of hydrogen-bond donors (Lipinski definition) is 0. The molecule has 1 amide bonds. The van der Waals surface area contributed by atoms with Crippen molar-refractivity contribution in [2.24, 2.45) is 0 Å². The number of amides is 1. The predicted octanol–water partition coefficient (Wildman–Crippen LogP) is 4.48. The molecule has 0 fully saturated rings. The molecule has 27 heavy (non-hydrogen) atoms. The third-order valence-corrected chi connectivity index (χ3v) is 4.77. The number of fused-ring (bicyclic) bond motifs is 1. The second kappa shape index (κ2) is 6.64. The third kappa shape index (κ3) is 2.95. The van der Waals surface area contributed by atoms with Crippen molar-refractivity contribution in [2.45, 2.75) is 12.6 Å². The lowest BCUT2D eigenvalue weighted by Gasteiger charge is -2.26. The molecule has 1 aliphatic heterocycles. The summed E-state index contributed by atoms with van der Waals surface area (Å²) in [6, 6.07) is 19.2. The van der Waals surface area contributed by atoms with Crippen molar-refractivity contribution in [2.75, 3.05) is 0 Å². The van der Waals surface area contributed by atoms with E-state index in [0.717, 1.165) is 11.1 Å². The fourth-order valence-electron chi connectivity index (χ4n) is 3.54. The van der Waals surface area contributed by atoms with Crippen molar-refractivity contribution in [3.63, 3.8) is 0 Å². The first-order valence-corrected chi connectivity index (χ1v) is 8.44. The molecule has 6 heteroatoms. The molecular weight excluding hydrogens is 347 g/mol. The van der Waals surface area contributed by atoms with Gasteiger partial charge in [-0.2, -0.15) is 0 Å². The summed E-state index contributed by atoms with van der Waals surface area (Å²) < 4.78 is 13.4. The van der Waals surface area contributed by atoms with Crippen LogP contribution >= 0.6 is 0 Å². The van der Waals surface area contributed by atoms with Gasteiger partial charge in [0.25, 0.3) is 11.6 Å². The van der Waals surface area contributed by atoms with Crippen LogP contribution < -0.4 is 0 Å². The lowest BCUT2D eigenvalue weighted by Crippen LogP contribution is -2.28. The average molecular weight is 362 g/mol. The van der Waals surface area contributed by atoms with E-state index in [1.165, 1.54) is 18.2 Å². The van der Waals surface area contributed by atoms with Gasteiger partial charge in [0.1, 0.15) is 5.82 Å². The molecule has 1 atom stereocenters. The van der Waals surface area contributed by atoms with Crippen molar-refractivity contribution < 1.29 is 14.1 Å². The lowest BCUT2D eigenvalue weighted by molar-refractivity contribution is -0.385. The van der Waals surface area contributed by atoms with Gasteiger partial charge in [-0.05, 0) is 29.3 Å². The van der Waals surface area contributed by atoms with Crippen LogP contribution in [0, 0.1) is 15.9 Å². The maximum absolute atomic E-state index is 13.4. The highest BCUT2D eigenvalue weighted by molar-refractivity contribution is 5.99. The number of halogens is 1. The van der Waals surface area contributed by atoms with Crippen LogP contribution in [0.2, 0.25) is 0 Å². The Morgan fingerprint density at radius 3 is 2.37 bits per heavy atom. The Labute approximate surface area is 154 Å². The maximum atomic E-state index is 13.4. The Morgan fingerprint density at radius 1 is 0.963 bits per heavy atom. The van der Waals surface area contributed by atoms with Gasteiger partial charge in [0, 0.05) is 17.2 Å². The molecule has 1 unspecified atom stereocenters. The summed E-state index contributed by atoms with van der Waals surface area (Å²) in [4.78, 5) is 25.5. The molecule has 3 aromatic carbocycles. The summed E-state index contributed by atoms with van der Waals surface area (Å²) in [5, 5.41) is 11.3. The van der Waals surface area contributed by atoms with E-state index in [9.17, 15) is 19.3 Å². The highest BCUT2D eigenvalue weighted by Gasteiger charge is 2.38. The number of carbonyl (C=O) groups excluding carboxylic acids is 1. The standard InChI is InChI=1S/C21H15FN2O3/c22-16-11-9-14(10-12-16)20-17-6-2-3-7-18(17)21(25)23(20)13-15-5-1-4-8-19(15)24(26)27/h1-12,20H,13H2. The van der Waals surface area contributed by atoms with Gasteiger partial charge < -0.3 is 4.90 Å². The zero-order valence-electron chi connectivity index (χ0n) is 14.2. The number of nitrogens with zero attached hydrogens (tertiary/aromatic N) is 2. The molecule has 134 valence electrons. The Morgan fingerprint density at radius 2 is 1.63 bits per heavy atom. The first kappa shape index (κ1) is 16.9. The molecule has 1 heterocycles. The second-order valence-electron chi connectivity index (χ2n) is 6.36. The summed E-state index contributed by atoms with van der Waals surface area (Å²) in [6.45, 7) is 0.0900. The maximum Gasteiger partial charge on any atom is 0.274 e. The van der Waals surface area contributed by atoms with Gasteiger partial charge in [0.15, 0.2) is 0 Å². The summed E-state index contributed by atoms with van der Waals surface area (Å²) >= 11 is 0. The van der Waals surface area contributed by atoms with Gasteiger partial charge in [-0.15, -0.1) is 0 Å². The van der Waals surface area contributed by atoms with Crippen LogP contribution in [0.4, 0.5) is 10.1 Å². The van der Waals surface area contributed by atoms with Crippen molar-refractivity contribution >= 4 is 11.6 Å². The number of benzene rings is 3. The number of nitro groups is 1. The number of rotatable bonds is 4. The second-order valence-corrected chi connectivity index (χ2v) is 6.36. The molecule has 5 nitrogen and oxygen atoms in total. The molecule has 0 bridgehead atoms. The highest BCUT2D eigenvalue weighted by atomic mass is 19.1. The minimum atomic E-state index is -0.448. The number of nitro benzene ring substituents is 1. The van der Waals surface area contributed by atoms with Crippen molar-refractivity contribution in [1.29, 1.82) is 0 Å². The van der Waals surface area contributed by atoms with Crippen LogP contribution in [0.3, 0.4) is 0 Å². The SMILES string of the molecule is O=C1c2ccccc2C(c2ccc(F)cc2)N1Cc1ccccc1[N+](=O)[O-]. The van der Waals surface area contributed by atoms with E-state index in [0.29, 0.717) is 11.1 Å². The fourth-order valence-corrected chi connectivity index (χ4v) is 3.54. The minimum absolute atomic E-state index is 0.0286. The Kier molecular flexibility index (Phi) is 4.16. The van der Waals surface area contributed by atoms with Crippen LogP contribution in [0.15, 0.2) is 72.8 Å². The van der Waals surface area contributed by atoms with E-state index in [1.54, 1.807) is 47.4 Å². The fraction of sp³-hybridized carbons (Fsp3) is 0.0952. The van der Waals surface area contributed by atoms with Gasteiger partial charge in [-0.25, -0.2) is 4.39 Å². The topological polar surface area (TPSA) is 63.5 Å². The molecule has 0 spiro atoms. The van der Waals surface area contributed by atoms with Gasteiger partial charge in [0.2, 0.25) is 0 Å². The van der Waals surface area contributed by atoms with Crippen molar-refractivity contribution in [1.82, 2.24) is 4.90 Å². The number of hydrogen-bond acceptors (Lipinski definition) is 3. The van der Waals surface area contributed by atoms with Gasteiger partial charge in [-0.1, -0.05) is 48.5 Å². The zero-order valence-corrected chi connectivity index (χ0v) is 14.2. The van der Waals surface area contributed by atoms with Gasteiger partial charge in [-0.3, -0.25) is 14.9 Å². The summed E-state index contributed by atoms with van der Waals surface area (Å²) in [5.41, 5.74) is 2.56. The molecule has 0 saturated heterocycles. The van der Waals surface area contributed by atoms with Gasteiger partial charge in [0.05, 0.1) is 17.5 Å². The van der Waals surface area contributed by atoms with E-state index >= 15 is 0 Å². The van der Waals surface area contributed by atoms with E-state index in [2.05, 4.69) is 0 Å². The van der Waals surface area contributed by atoms with Crippen LogP contribution in [0.25, 0.3) is 0 Å². The predicted molar refractivity (Wildman–Crippen MR) is 97.7 cm³/mol. The van der Waals surface area contributed by atoms with Crippen LogP contribution in [-0.4, -0.2) is 15.7 Å². The first-order valence-electron chi connectivity index (χ1n) is 8.44. The molecule has 0 saturated carbocycles. The molecular formula is C21H15FN2O3. The van der Waals surface area contributed by atoms with Crippen LogP contribution in [0.5, 0.6) is 0 Å². The number of carbonyl (C=O) groups is 1. The number of para-hydroxylation sites is 1. The largest absolute Gasteiger partial charge is 0.323 e. The Hall–Kier alpha value is -3.54. The molecule has 0 radical (unpaired) electrons. The molecule has 4 rings (SSSR count). The molecule has 3 aromatic rings. The monoisotopic (exact) mass is 362 g/mol. The minimum Gasteiger partial charge on any atom is -0.323 e. The van der Waals surface area contributed by atoms with E-state index in [1.807, 2.05) is 12.1 Å². The quantitative estimate of drug-likeness (QED) is 0.508. The average Bonchev–Trinajstić information content (AvgIpc) is 2.95. The molecule has 1 aliphatic rings. The smallest absolute Gasteiger partial charge is 0.274 e. The van der Waals surface area contributed by atoms with E-state index in [-0.39, 0.29) is 24.0 Å². The Balaban J connectivity index is 1.80. The molecule has 0 N–H and O–H groups in total. The molecule has 0 aromatic heterocycles.